The van der Waals surface area contributed by atoms with Crippen LogP contribution in [0.2, 0.25) is 10.0 Å². The van der Waals surface area contributed by atoms with Gasteiger partial charge in [0.2, 0.25) is 0 Å². The van der Waals surface area contributed by atoms with Gasteiger partial charge < -0.3 is 9.84 Å². The minimum absolute atomic E-state index is 0.206. The number of hydrogen-bond acceptors (Lipinski definition) is 4. The summed E-state index contributed by atoms with van der Waals surface area (Å²) in [6.45, 7) is 1.63. The summed E-state index contributed by atoms with van der Waals surface area (Å²) < 4.78 is 5.25. The number of aliphatic carboxylic acids is 1. The Morgan fingerprint density at radius 2 is 1.92 bits per heavy atom. The first kappa shape index (κ1) is 17.7. The molecular formula is C18H15Cl2NO4. The second-order valence-electron chi connectivity index (χ2n) is 6.38. The molecule has 0 spiro atoms. The van der Waals surface area contributed by atoms with Gasteiger partial charge in [-0.3, -0.25) is 0 Å². The van der Waals surface area contributed by atoms with Crippen LogP contribution in [0.1, 0.15) is 23.6 Å². The Morgan fingerprint density at radius 1 is 1.24 bits per heavy atom. The summed E-state index contributed by atoms with van der Waals surface area (Å²) in [5.41, 5.74) is 3.16. The average Bonchev–Trinajstić information content (AvgIpc) is 2.95. The molecule has 0 heterocycles. The van der Waals surface area contributed by atoms with E-state index in [4.69, 9.17) is 33.0 Å². The number of fused-ring (bicyclic) bond motifs is 1. The number of halogens is 2. The standard InChI is InChI=1S/C18H15Cl2NO4/c1-18(11-2-4-12(21-24)5-3-11)7-10-6-14(25-9-15(22)23)17(20)16(19)13(10)8-18/h2-6H,7-9H2,1H3,(H,22,23). The Kier molecular flexibility index (Phi) is 4.71. The molecule has 2 aromatic rings. The highest BCUT2D eigenvalue weighted by Gasteiger charge is 2.37. The van der Waals surface area contributed by atoms with E-state index in [1.165, 1.54) is 0 Å². The summed E-state index contributed by atoms with van der Waals surface area (Å²) in [4.78, 5) is 21.3. The van der Waals surface area contributed by atoms with Crippen LogP contribution < -0.4 is 4.74 Å². The Bertz CT molecular complexity index is 851. The highest BCUT2D eigenvalue weighted by atomic mass is 35.5. The van der Waals surface area contributed by atoms with Gasteiger partial charge in [0.1, 0.15) is 16.5 Å². The summed E-state index contributed by atoms with van der Waals surface area (Å²) >= 11 is 12.6. The number of carboxylic acid groups (broad SMARTS) is 1. The fourth-order valence-corrected chi connectivity index (χ4v) is 3.79. The first-order chi connectivity index (χ1) is 11.8. The minimum Gasteiger partial charge on any atom is -0.480 e. The summed E-state index contributed by atoms with van der Waals surface area (Å²) in [6, 6.07) is 8.91. The maximum atomic E-state index is 10.7. The van der Waals surface area contributed by atoms with Crippen molar-refractivity contribution < 1.29 is 14.6 Å². The smallest absolute Gasteiger partial charge is 0.341 e. The van der Waals surface area contributed by atoms with Crippen molar-refractivity contribution in [2.24, 2.45) is 5.18 Å². The lowest BCUT2D eigenvalue weighted by molar-refractivity contribution is -0.139. The van der Waals surface area contributed by atoms with Gasteiger partial charge in [-0.25, -0.2) is 4.79 Å². The number of carboxylic acids is 1. The summed E-state index contributed by atoms with van der Waals surface area (Å²) in [6.07, 6.45) is 1.39. The second-order valence-corrected chi connectivity index (χ2v) is 7.13. The topological polar surface area (TPSA) is 76.0 Å². The highest BCUT2D eigenvalue weighted by Crippen LogP contribution is 2.47. The zero-order valence-corrected chi connectivity index (χ0v) is 14.9. The molecule has 25 heavy (non-hydrogen) atoms. The van der Waals surface area contributed by atoms with Crippen molar-refractivity contribution >= 4 is 34.9 Å². The van der Waals surface area contributed by atoms with Crippen LogP contribution in [0.5, 0.6) is 5.75 Å². The van der Waals surface area contributed by atoms with Gasteiger partial charge in [-0.2, -0.15) is 0 Å². The fraction of sp³-hybridized carbons (Fsp3) is 0.278. The first-order valence-corrected chi connectivity index (χ1v) is 8.38. The molecule has 1 atom stereocenters. The number of carbonyl (C=O) groups is 1. The van der Waals surface area contributed by atoms with Crippen LogP contribution in [0.15, 0.2) is 35.5 Å². The molecule has 0 amide bonds. The van der Waals surface area contributed by atoms with E-state index in [0.29, 0.717) is 23.6 Å². The van der Waals surface area contributed by atoms with E-state index >= 15 is 0 Å². The molecule has 0 bridgehead atoms. The Morgan fingerprint density at radius 3 is 2.52 bits per heavy atom. The van der Waals surface area contributed by atoms with E-state index < -0.39 is 12.6 Å². The van der Waals surface area contributed by atoms with Crippen LogP contribution in [0, 0.1) is 4.91 Å². The van der Waals surface area contributed by atoms with Crippen molar-refractivity contribution in [1.82, 2.24) is 0 Å². The van der Waals surface area contributed by atoms with Gasteiger partial charge in [0, 0.05) is 5.41 Å². The summed E-state index contributed by atoms with van der Waals surface area (Å²) in [7, 11) is 0. The molecule has 1 aliphatic rings. The molecule has 3 rings (SSSR count). The molecule has 0 radical (unpaired) electrons. The molecule has 130 valence electrons. The van der Waals surface area contributed by atoms with Crippen molar-refractivity contribution in [1.29, 1.82) is 0 Å². The number of rotatable bonds is 5. The van der Waals surface area contributed by atoms with Crippen LogP contribution in [0.3, 0.4) is 0 Å². The molecule has 5 nitrogen and oxygen atoms in total. The molecule has 0 aromatic heterocycles. The molecule has 1 unspecified atom stereocenters. The third-order valence-electron chi connectivity index (χ3n) is 4.54. The van der Waals surface area contributed by atoms with E-state index in [0.717, 1.165) is 16.7 Å². The minimum atomic E-state index is -1.08. The Labute approximate surface area is 154 Å². The molecule has 0 saturated heterocycles. The van der Waals surface area contributed by atoms with Gasteiger partial charge in [-0.05, 0) is 52.9 Å². The molecule has 0 saturated carbocycles. The average molecular weight is 380 g/mol. The molecule has 1 aliphatic carbocycles. The monoisotopic (exact) mass is 379 g/mol. The van der Waals surface area contributed by atoms with Crippen molar-refractivity contribution in [2.45, 2.75) is 25.2 Å². The van der Waals surface area contributed by atoms with Crippen molar-refractivity contribution in [3.8, 4) is 5.75 Å². The number of ether oxygens (including phenoxy) is 1. The van der Waals surface area contributed by atoms with Crippen molar-refractivity contribution in [2.75, 3.05) is 6.61 Å². The predicted octanol–water partition coefficient (Wildman–Crippen LogP) is 4.91. The van der Waals surface area contributed by atoms with Gasteiger partial charge in [0.25, 0.3) is 0 Å². The third-order valence-corrected chi connectivity index (χ3v) is 5.42. The molecular weight excluding hydrogens is 365 g/mol. The Balaban J connectivity index is 1.94. The zero-order chi connectivity index (χ0) is 18.2. The lowest BCUT2D eigenvalue weighted by Gasteiger charge is -2.24. The Hall–Kier alpha value is -2.11. The van der Waals surface area contributed by atoms with E-state index in [1.54, 1.807) is 18.2 Å². The zero-order valence-electron chi connectivity index (χ0n) is 13.4. The number of benzene rings is 2. The van der Waals surface area contributed by atoms with Gasteiger partial charge >= 0.3 is 5.97 Å². The van der Waals surface area contributed by atoms with Gasteiger partial charge in [0.15, 0.2) is 6.61 Å². The molecule has 2 aromatic carbocycles. The van der Waals surface area contributed by atoms with Crippen LogP contribution >= 0.6 is 23.2 Å². The van der Waals surface area contributed by atoms with Crippen LogP contribution in [-0.2, 0) is 23.1 Å². The van der Waals surface area contributed by atoms with E-state index in [-0.39, 0.29) is 16.2 Å². The van der Waals surface area contributed by atoms with Gasteiger partial charge in [-0.1, -0.05) is 42.3 Å². The van der Waals surface area contributed by atoms with Crippen LogP contribution in [0.4, 0.5) is 5.69 Å². The normalized spacial score (nSPS) is 18.7. The predicted molar refractivity (Wildman–Crippen MR) is 96.2 cm³/mol. The maximum Gasteiger partial charge on any atom is 0.341 e. The van der Waals surface area contributed by atoms with E-state index in [9.17, 15) is 9.70 Å². The summed E-state index contributed by atoms with van der Waals surface area (Å²) in [5.74, 6) is -0.807. The van der Waals surface area contributed by atoms with Crippen LogP contribution in [-0.4, -0.2) is 17.7 Å². The first-order valence-electron chi connectivity index (χ1n) is 7.62. The molecule has 0 fully saturated rings. The SMILES string of the molecule is CC1(c2ccc(N=O)cc2)Cc2cc(OCC(=O)O)c(Cl)c(Cl)c2C1. The largest absolute Gasteiger partial charge is 0.480 e. The van der Waals surface area contributed by atoms with E-state index in [2.05, 4.69) is 12.1 Å². The maximum absolute atomic E-state index is 10.7. The third kappa shape index (κ3) is 3.34. The van der Waals surface area contributed by atoms with Gasteiger partial charge in [0.05, 0.1) is 5.02 Å². The molecule has 1 N–H and O–H groups in total. The molecule has 0 aliphatic heterocycles. The van der Waals surface area contributed by atoms with E-state index in [1.807, 2.05) is 12.1 Å². The lowest BCUT2D eigenvalue weighted by Crippen LogP contribution is -2.22. The highest BCUT2D eigenvalue weighted by molar-refractivity contribution is 6.43. The molecule has 7 heteroatoms. The lowest BCUT2D eigenvalue weighted by atomic mass is 9.80. The number of hydrogen-bond donors (Lipinski definition) is 1. The van der Waals surface area contributed by atoms with Crippen molar-refractivity contribution in [3.63, 3.8) is 0 Å². The fourth-order valence-electron chi connectivity index (χ4n) is 3.29. The number of nitroso groups, excluding NO2 is 1. The second kappa shape index (κ2) is 6.65. The number of nitrogens with zero attached hydrogens (tertiary/aromatic N) is 1. The van der Waals surface area contributed by atoms with Crippen LogP contribution in [0.25, 0.3) is 0 Å². The quantitative estimate of drug-likeness (QED) is 0.748. The van der Waals surface area contributed by atoms with Crippen molar-refractivity contribution in [3.05, 3.63) is 62.0 Å². The summed E-state index contributed by atoms with van der Waals surface area (Å²) in [5, 5.41) is 12.3. The van der Waals surface area contributed by atoms with Gasteiger partial charge in [-0.15, -0.1) is 4.91 Å².